The van der Waals surface area contributed by atoms with E-state index in [0.29, 0.717) is 0 Å². The van der Waals surface area contributed by atoms with E-state index in [1.54, 1.807) is 0 Å². The van der Waals surface area contributed by atoms with Crippen molar-refractivity contribution in [2.75, 3.05) is 27.4 Å². The van der Waals surface area contributed by atoms with Crippen molar-refractivity contribution < 1.29 is 26.3 Å². The SMILES string of the molecule is COCC(CNS(=O)(=O)c1cccc(S(N)(=O)=O)c1)OC. The molecule has 21 heavy (non-hydrogen) atoms. The van der Waals surface area contributed by atoms with Gasteiger partial charge in [0.15, 0.2) is 0 Å². The van der Waals surface area contributed by atoms with Crippen molar-refractivity contribution in [3.05, 3.63) is 24.3 Å². The summed E-state index contributed by atoms with van der Waals surface area (Å²) in [5.74, 6) is 0. The largest absolute Gasteiger partial charge is 0.382 e. The van der Waals surface area contributed by atoms with Crippen LogP contribution >= 0.6 is 0 Å². The van der Waals surface area contributed by atoms with Crippen LogP contribution in [0.2, 0.25) is 0 Å². The lowest BCUT2D eigenvalue weighted by atomic mass is 10.4. The Morgan fingerprint density at radius 1 is 1.19 bits per heavy atom. The minimum Gasteiger partial charge on any atom is -0.382 e. The Bertz CT molecular complexity index is 672. The fraction of sp³-hybridized carbons (Fsp3) is 0.455. The van der Waals surface area contributed by atoms with E-state index in [1.165, 1.54) is 32.4 Å². The minimum atomic E-state index is -3.97. The number of methoxy groups -OCH3 is 2. The monoisotopic (exact) mass is 338 g/mol. The van der Waals surface area contributed by atoms with Gasteiger partial charge in [0.05, 0.1) is 22.5 Å². The zero-order valence-corrected chi connectivity index (χ0v) is 13.3. The zero-order chi connectivity index (χ0) is 16.1. The maximum atomic E-state index is 12.1. The zero-order valence-electron chi connectivity index (χ0n) is 11.6. The Morgan fingerprint density at radius 3 is 2.33 bits per heavy atom. The standard InChI is InChI=1S/C11H18N2O6S2/c1-18-8-9(19-2)7-13-21(16,17)11-5-3-4-10(6-11)20(12,14)15/h3-6,9,13H,7-8H2,1-2H3,(H2,12,14,15). The maximum Gasteiger partial charge on any atom is 0.240 e. The second kappa shape index (κ2) is 7.29. The molecule has 1 aromatic carbocycles. The van der Waals surface area contributed by atoms with Crippen molar-refractivity contribution in [1.82, 2.24) is 4.72 Å². The molecule has 0 aromatic heterocycles. The summed E-state index contributed by atoms with van der Waals surface area (Å²) in [4.78, 5) is -0.466. The highest BCUT2D eigenvalue weighted by Crippen LogP contribution is 2.14. The third-order valence-electron chi connectivity index (χ3n) is 2.63. The normalized spacial score (nSPS) is 14.0. The summed E-state index contributed by atoms with van der Waals surface area (Å²) in [6.07, 6.45) is -0.453. The third kappa shape index (κ3) is 5.34. The number of nitrogens with two attached hydrogens (primary N) is 1. The van der Waals surface area contributed by atoms with Crippen LogP contribution in [0.25, 0.3) is 0 Å². The van der Waals surface area contributed by atoms with E-state index in [9.17, 15) is 16.8 Å². The molecule has 0 heterocycles. The fourth-order valence-electron chi connectivity index (χ4n) is 1.50. The smallest absolute Gasteiger partial charge is 0.240 e. The van der Waals surface area contributed by atoms with Crippen LogP contribution in [0.3, 0.4) is 0 Å². The molecule has 1 unspecified atom stereocenters. The van der Waals surface area contributed by atoms with E-state index >= 15 is 0 Å². The molecule has 0 bridgehead atoms. The lowest BCUT2D eigenvalue weighted by molar-refractivity contribution is 0.0320. The molecule has 0 fully saturated rings. The molecule has 0 spiro atoms. The van der Waals surface area contributed by atoms with Crippen LogP contribution in [-0.4, -0.2) is 50.3 Å². The fourth-order valence-corrected chi connectivity index (χ4v) is 3.25. The first kappa shape index (κ1) is 18.0. The molecule has 1 rings (SSSR count). The van der Waals surface area contributed by atoms with Crippen molar-refractivity contribution >= 4 is 20.0 Å². The molecule has 0 saturated carbocycles. The van der Waals surface area contributed by atoms with Crippen LogP contribution in [0, 0.1) is 0 Å². The van der Waals surface area contributed by atoms with Gasteiger partial charge in [-0.3, -0.25) is 0 Å². The summed E-state index contributed by atoms with van der Waals surface area (Å²) in [6, 6.07) is 4.79. The molecule has 0 aliphatic carbocycles. The van der Waals surface area contributed by atoms with Gasteiger partial charge in [-0.15, -0.1) is 0 Å². The average molecular weight is 338 g/mol. The molecule has 1 atom stereocenters. The molecule has 0 radical (unpaired) electrons. The second-order valence-corrected chi connectivity index (χ2v) is 7.51. The third-order valence-corrected chi connectivity index (χ3v) is 4.96. The summed E-state index contributed by atoms with van der Waals surface area (Å²) >= 11 is 0. The van der Waals surface area contributed by atoms with Gasteiger partial charge in [-0.05, 0) is 18.2 Å². The number of hydrogen-bond acceptors (Lipinski definition) is 6. The Balaban J connectivity index is 2.93. The molecule has 8 nitrogen and oxygen atoms in total. The summed E-state index contributed by atoms with van der Waals surface area (Å²) in [5, 5.41) is 4.97. The lowest BCUT2D eigenvalue weighted by Gasteiger charge is -2.15. The summed E-state index contributed by atoms with van der Waals surface area (Å²) in [5.41, 5.74) is 0. The number of benzene rings is 1. The molecule has 0 amide bonds. The summed E-state index contributed by atoms with van der Waals surface area (Å²) in [7, 11) is -4.94. The first-order chi connectivity index (χ1) is 9.70. The van der Waals surface area contributed by atoms with Crippen LogP contribution in [-0.2, 0) is 29.5 Å². The number of primary sulfonamides is 1. The van der Waals surface area contributed by atoms with Crippen molar-refractivity contribution in [3.8, 4) is 0 Å². The van der Waals surface area contributed by atoms with Crippen molar-refractivity contribution in [2.24, 2.45) is 5.14 Å². The maximum absolute atomic E-state index is 12.1. The van der Waals surface area contributed by atoms with Crippen LogP contribution in [0.1, 0.15) is 0 Å². The number of rotatable bonds is 8. The van der Waals surface area contributed by atoms with E-state index in [1.807, 2.05) is 0 Å². The molecule has 120 valence electrons. The van der Waals surface area contributed by atoms with Crippen LogP contribution in [0.15, 0.2) is 34.1 Å². The first-order valence-corrected chi connectivity index (χ1v) is 8.88. The highest BCUT2D eigenvalue weighted by atomic mass is 32.2. The van der Waals surface area contributed by atoms with Gasteiger partial charge in [0.1, 0.15) is 0 Å². The summed E-state index contributed by atoms with van der Waals surface area (Å²) in [6.45, 7) is 0.211. The molecule has 0 aliphatic rings. The van der Waals surface area contributed by atoms with E-state index < -0.39 is 26.2 Å². The lowest BCUT2D eigenvalue weighted by Crippen LogP contribution is -2.35. The predicted octanol–water partition coefficient (Wildman–Crippen LogP) is -0.726. The highest BCUT2D eigenvalue weighted by molar-refractivity contribution is 7.90. The summed E-state index contributed by atoms with van der Waals surface area (Å²) < 4.78 is 58.9. The molecule has 3 N–H and O–H groups in total. The average Bonchev–Trinajstić information content (AvgIpc) is 2.42. The molecular weight excluding hydrogens is 320 g/mol. The van der Waals surface area contributed by atoms with Gasteiger partial charge in [0, 0.05) is 20.8 Å². The topological polar surface area (TPSA) is 125 Å². The Morgan fingerprint density at radius 2 is 1.81 bits per heavy atom. The van der Waals surface area contributed by atoms with Crippen LogP contribution in [0.4, 0.5) is 0 Å². The highest BCUT2D eigenvalue weighted by Gasteiger charge is 2.19. The number of ether oxygens (including phenoxy) is 2. The molecular formula is C11H18N2O6S2. The number of sulfonamides is 2. The van der Waals surface area contributed by atoms with Crippen molar-refractivity contribution in [2.45, 2.75) is 15.9 Å². The van der Waals surface area contributed by atoms with Gasteiger partial charge in [-0.1, -0.05) is 6.07 Å². The van der Waals surface area contributed by atoms with Crippen LogP contribution in [0.5, 0.6) is 0 Å². The van der Waals surface area contributed by atoms with Gasteiger partial charge in [-0.25, -0.2) is 26.7 Å². The van der Waals surface area contributed by atoms with Gasteiger partial charge in [-0.2, -0.15) is 0 Å². The Hall–Kier alpha value is -1.04. The quantitative estimate of drug-likeness (QED) is 0.644. The minimum absolute atomic E-state index is 0.00766. The Labute approximate surface area is 124 Å². The molecule has 10 heteroatoms. The Kier molecular flexibility index (Phi) is 6.25. The molecule has 1 aromatic rings. The number of nitrogens with one attached hydrogen (secondary N) is 1. The van der Waals surface area contributed by atoms with Gasteiger partial charge in [0.25, 0.3) is 0 Å². The molecule has 0 saturated heterocycles. The van der Waals surface area contributed by atoms with Gasteiger partial charge in [0.2, 0.25) is 20.0 Å². The number of hydrogen-bond donors (Lipinski definition) is 2. The van der Waals surface area contributed by atoms with E-state index in [4.69, 9.17) is 14.6 Å². The second-order valence-electron chi connectivity index (χ2n) is 4.18. The van der Waals surface area contributed by atoms with Crippen molar-refractivity contribution in [3.63, 3.8) is 0 Å². The van der Waals surface area contributed by atoms with E-state index in [2.05, 4.69) is 4.72 Å². The first-order valence-electron chi connectivity index (χ1n) is 5.85. The molecule has 0 aliphatic heterocycles. The van der Waals surface area contributed by atoms with Gasteiger partial charge >= 0.3 is 0 Å². The predicted molar refractivity (Wildman–Crippen MR) is 75.7 cm³/mol. The van der Waals surface area contributed by atoms with Crippen molar-refractivity contribution in [1.29, 1.82) is 0 Å². The van der Waals surface area contributed by atoms with Gasteiger partial charge < -0.3 is 9.47 Å². The van der Waals surface area contributed by atoms with Crippen LogP contribution < -0.4 is 9.86 Å². The van der Waals surface area contributed by atoms with E-state index in [0.717, 1.165) is 6.07 Å². The van der Waals surface area contributed by atoms with E-state index in [-0.39, 0.29) is 22.9 Å².